The molecule has 0 radical (unpaired) electrons. The minimum absolute atomic E-state index is 0.0214. The molecule has 1 aliphatic rings. The Morgan fingerprint density at radius 1 is 1.25 bits per heavy atom. The number of aromatic nitrogens is 5. The van der Waals surface area contributed by atoms with Gasteiger partial charge in [0.2, 0.25) is 0 Å². The van der Waals surface area contributed by atoms with E-state index < -0.39 is 0 Å². The smallest absolute Gasteiger partial charge is 0.255 e. The van der Waals surface area contributed by atoms with E-state index in [1.165, 1.54) is 0 Å². The molecule has 0 atom stereocenters. The van der Waals surface area contributed by atoms with Crippen molar-refractivity contribution in [2.24, 2.45) is 14.1 Å². The van der Waals surface area contributed by atoms with Gasteiger partial charge in [0.15, 0.2) is 11.0 Å². The molecule has 3 heterocycles. The van der Waals surface area contributed by atoms with E-state index in [4.69, 9.17) is 5.10 Å². The van der Waals surface area contributed by atoms with Crippen LogP contribution in [-0.2, 0) is 27.1 Å². The van der Waals surface area contributed by atoms with E-state index in [2.05, 4.69) is 33.1 Å². The molecule has 28 heavy (non-hydrogen) atoms. The van der Waals surface area contributed by atoms with Crippen molar-refractivity contribution < 1.29 is 4.79 Å². The van der Waals surface area contributed by atoms with Crippen LogP contribution in [0.4, 0.5) is 0 Å². The zero-order valence-electron chi connectivity index (χ0n) is 16.0. The molecule has 1 aliphatic heterocycles. The van der Waals surface area contributed by atoms with Crippen molar-refractivity contribution in [3.63, 3.8) is 0 Å². The van der Waals surface area contributed by atoms with E-state index >= 15 is 0 Å². The Kier molecular flexibility index (Phi) is 5.29. The summed E-state index contributed by atoms with van der Waals surface area (Å²) in [5.74, 6) is 1.69. The molecule has 2 aromatic heterocycles. The van der Waals surface area contributed by atoms with Gasteiger partial charge in [-0.2, -0.15) is 5.10 Å². The predicted octanol–water partition coefficient (Wildman–Crippen LogP) is 3.29. The second-order valence-corrected chi connectivity index (χ2v) is 8.74. The van der Waals surface area contributed by atoms with E-state index in [9.17, 15) is 4.79 Å². The number of hydrogen-bond donors (Lipinski definition) is 0. The Morgan fingerprint density at radius 3 is 2.79 bits per heavy atom. The van der Waals surface area contributed by atoms with Crippen molar-refractivity contribution in [1.82, 2.24) is 29.4 Å². The second-order valence-electron chi connectivity index (χ2n) is 6.65. The molecule has 0 N–H and O–H groups in total. The summed E-state index contributed by atoms with van der Waals surface area (Å²) in [4.78, 5) is 15.0. The summed E-state index contributed by atoms with van der Waals surface area (Å²) in [7, 11) is 3.91. The minimum Gasteiger partial charge on any atom is -0.334 e. The van der Waals surface area contributed by atoms with E-state index in [-0.39, 0.29) is 5.91 Å². The van der Waals surface area contributed by atoms with Crippen molar-refractivity contribution in [3.05, 3.63) is 45.6 Å². The number of rotatable bonds is 4. The van der Waals surface area contributed by atoms with Gasteiger partial charge in [0.1, 0.15) is 5.69 Å². The minimum atomic E-state index is 0.0214. The van der Waals surface area contributed by atoms with Crippen molar-refractivity contribution in [1.29, 1.82) is 0 Å². The molecule has 7 nitrogen and oxygen atoms in total. The first-order valence-electron chi connectivity index (χ1n) is 9.12. The third-order valence-electron chi connectivity index (χ3n) is 4.95. The van der Waals surface area contributed by atoms with Crippen LogP contribution in [0.1, 0.15) is 28.5 Å². The number of aryl methyl sites for hydroxylation is 1. The maximum Gasteiger partial charge on any atom is 0.255 e. The molecule has 0 aliphatic carbocycles. The molecule has 4 rings (SSSR count). The first-order valence-corrected chi connectivity index (χ1v) is 10.9. The van der Waals surface area contributed by atoms with Crippen LogP contribution in [0.5, 0.6) is 0 Å². The summed E-state index contributed by atoms with van der Waals surface area (Å²) in [6.07, 6.45) is 0.767. The van der Waals surface area contributed by atoms with E-state index in [1.54, 1.807) is 11.8 Å². The monoisotopic (exact) mass is 460 g/mol. The number of hydrogen-bond acceptors (Lipinski definition) is 5. The van der Waals surface area contributed by atoms with Gasteiger partial charge in [-0.25, -0.2) is 0 Å². The average Bonchev–Trinajstić information content (AvgIpc) is 3.22. The summed E-state index contributed by atoms with van der Waals surface area (Å²) in [6, 6.07) is 7.54. The van der Waals surface area contributed by atoms with Crippen LogP contribution in [-0.4, -0.2) is 47.6 Å². The van der Waals surface area contributed by atoms with Gasteiger partial charge in [-0.3, -0.25) is 9.48 Å². The molecule has 0 saturated heterocycles. The predicted molar refractivity (Wildman–Crippen MR) is 112 cm³/mol. The van der Waals surface area contributed by atoms with Gasteiger partial charge >= 0.3 is 0 Å². The number of carbonyl (C=O) groups excluding carboxylic acids is 1. The maximum atomic E-state index is 13.1. The lowest BCUT2D eigenvalue weighted by Crippen LogP contribution is -2.36. The van der Waals surface area contributed by atoms with Crippen molar-refractivity contribution in [2.45, 2.75) is 25.0 Å². The van der Waals surface area contributed by atoms with Crippen molar-refractivity contribution in [2.75, 3.05) is 12.3 Å². The Labute approximate surface area is 176 Å². The highest BCUT2D eigenvalue weighted by atomic mass is 79.9. The van der Waals surface area contributed by atoms with E-state index in [1.807, 2.05) is 52.5 Å². The second kappa shape index (κ2) is 7.71. The van der Waals surface area contributed by atoms with Crippen LogP contribution in [0.15, 0.2) is 33.9 Å². The fraction of sp³-hybridized carbons (Fsp3) is 0.368. The van der Waals surface area contributed by atoms with Gasteiger partial charge in [0.05, 0.1) is 12.1 Å². The lowest BCUT2D eigenvalue weighted by molar-refractivity contribution is 0.0732. The molecule has 146 valence electrons. The summed E-state index contributed by atoms with van der Waals surface area (Å²) >= 11 is 5.14. The Morgan fingerprint density at radius 2 is 2.04 bits per heavy atom. The molecule has 0 unspecified atom stereocenters. The number of thioether (sulfide) groups is 1. The molecule has 0 spiro atoms. The van der Waals surface area contributed by atoms with E-state index in [0.717, 1.165) is 44.6 Å². The van der Waals surface area contributed by atoms with Crippen molar-refractivity contribution >= 4 is 33.6 Å². The van der Waals surface area contributed by atoms with Gasteiger partial charge in [0, 0.05) is 42.8 Å². The number of amides is 1. The molecular weight excluding hydrogens is 440 g/mol. The zero-order chi connectivity index (χ0) is 19.8. The average molecular weight is 461 g/mol. The van der Waals surface area contributed by atoms with E-state index in [0.29, 0.717) is 18.7 Å². The topological polar surface area (TPSA) is 68.8 Å². The third kappa shape index (κ3) is 3.26. The lowest BCUT2D eigenvalue weighted by Gasteiger charge is -2.28. The lowest BCUT2D eigenvalue weighted by atomic mass is 10.0. The third-order valence-corrected chi connectivity index (χ3v) is 6.55. The molecule has 0 saturated carbocycles. The molecule has 3 aromatic rings. The molecular formula is C19H21BrN6OS. The number of fused-ring (bicyclic) bond motifs is 1. The first-order chi connectivity index (χ1) is 13.5. The largest absolute Gasteiger partial charge is 0.334 e. The molecule has 1 aromatic carbocycles. The van der Waals surface area contributed by atoms with Gasteiger partial charge < -0.3 is 9.47 Å². The summed E-state index contributed by atoms with van der Waals surface area (Å²) in [5, 5.41) is 14.3. The Bertz CT molecular complexity index is 1040. The van der Waals surface area contributed by atoms with Crippen LogP contribution < -0.4 is 0 Å². The zero-order valence-corrected chi connectivity index (χ0v) is 18.4. The Balaban J connectivity index is 1.69. The fourth-order valence-electron chi connectivity index (χ4n) is 3.53. The van der Waals surface area contributed by atoms with Gasteiger partial charge in [0.25, 0.3) is 5.91 Å². The number of benzene rings is 1. The van der Waals surface area contributed by atoms with Crippen LogP contribution >= 0.6 is 27.7 Å². The van der Waals surface area contributed by atoms with Gasteiger partial charge in [-0.15, -0.1) is 10.2 Å². The van der Waals surface area contributed by atoms with Gasteiger partial charge in [-0.1, -0.05) is 30.8 Å². The van der Waals surface area contributed by atoms with Crippen LogP contribution in [0.25, 0.3) is 11.5 Å². The number of carbonyl (C=O) groups is 1. The maximum absolute atomic E-state index is 13.1. The van der Waals surface area contributed by atoms with Crippen LogP contribution in [0.3, 0.4) is 0 Å². The normalized spacial score (nSPS) is 13.6. The highest BCUT2D eigenvalue weighted by Crippen LogP contribution is 2.31. The summed E-state index contributed by atoms with van der Waals surface area (Å²) in [6.45, 7) is 3.27. The van der Waals surface area contributed by atoms with Crippen LogP contribution in [0, 0.1) is 0 Å². The van der Waals surface area contributed by atoms with Gasteiger partial charge in [-0.05, 0) is 33.8 Å². The van der Waals surface area contributed by atoms with Crippen LogP contribution in [0.2, 0.25) is 0 Å². The molecule has 0 fully saturated rings. The number of nitrogens with zero attached hydrogens (tertiary/aromatic N) is 6. The Hall–Kier alpha value is -2.13. The summed E-state index contributed by atoms with van der Waals surface area (Å²) in [5.41, 5.74) is 3.69. The molecule has 0 bridgehead atoms. The quantitative estimate of drug-likeness (QED) is 0.558. The molecule has 1 amide bonds. The fourth-order valence-corrected chi connectivity index (χ4v) is 4.62. The standard InChI is InChI=1S/C19H21BrN6OS/c1-4-28-19-22-21-17(24(19)2)16-13-11-26(10-9-15(13)25(3)23-16)18(27)12-7-5-6-8-14(12)20/h5-8H,4,9-11H2,1-3H3. The summed E-state index contributed by atoms with van der Waals surface area (Å²) < 4.78 is 4.70. The highest BCUT2D eigenvalue weighted by molar-refractivity contribution is 9.10. The molecule has 9 heteroatoms. The first kappa shape index (κ1) is 19.2. The number of halogens is 1. The SMILES string of the molecule is CCSc1nnc(-c2nn(C)c3c2CN(C(=O)c2ccccc2Br)CC3)n1C. The van der Waals surface area contributed by atoms with Crippen molar-refractivity contribution in [3.8, 4) is 11.5 Å². The highest BCUT2D eigenvalue weighted by Gasteiger charge is 2.30.